The van der Waals surface area contributed by atoms with Crippen LogP contribution in [0.3, 0.4) is 0 Å². The summed E-state index contributed by atoms with van der Waals surface area (Å²) in [5, 5.41) is 4.44. The molecule has 0 spiro atoms. The summed E-state index contributed by atoms with van der Waals surface area (Å²) in [6.07, 6.45) is 1.32. The lowest BCUT2D eigenvalue weighted by atomic mass is 10.0. The molecule has 3 heterocycles. The summed E-state index contributed by atoms with van der Waals surface area (Å²) in [5.41, 5.74) is 7.98. The van der Waals surface area contributed by atoms with Crippen molar-refractivity contribution in [2.45, 2.75) is 32.2 Å². The van der Waals surface area contributed by atoms with Crippen LogP contribution in [0.4, 0.5) is 5.95 Å². The van der Waals surface area contributed by atoms with Crippen LogP contribution in [0.25, 0.3) is 11.2 Å². The normalized spacial score (nSPS) is 25.6. The van der Waals surface area contributed by atoms with Crippen LogP contribution < -0.4 is 5.73 Å². The summed E-state index contributed by atoms with van der Waals surface area (Å²) in [5.74, 6) is 0.658. The molecule has 0 aliphatic carbocycles. The van der Waals surface area contributed by atoms with Crippen LogP contribution >= 0.6 is 0 Å². The first-order chi connectivity index (χ1) is 9.27. The van der Waals surface area contributed by atoms with Crippen molar-refractivity contribution in [2.24, 2.45) is 7.05 Å². The van der Waals surface area contributed by atoms with Gasteiger partial charge < -0.3 is 5.73 Å². The largest absolute Gasteiger partial charge is 0.369 e. The highest BCUT2D eigenvalue weighted by atomic mass is 32.2. The zero-order chi connectivity index (χ0) is 14.7. The van der Waals surface area contributed by atoms with Crippen molar-refractivity contribution >= 4 is 26.9 Å². The topological polar surface area (TPSA) is 95.8 Å². The van der Waals surface area contributed by atoms with E-state index in [1.165, 1.54) is 0 Å². The maximum absolute atomic E-state index is 11.8. The Balaban J connectivity index is 2.27. The highest BCUT2D eigenvalue weighted by Gasteiger charge is 2.42. The highest BCUT2D eigenvalue weighted by molar-refractivity contribution is 7.91. The van der Waals surface area contributed by atoms with Crippen LogP contribution in [0, 0.1) is 0 Å². The van der Waals surface area contributed by atoms with Gasteiger partial charge in [-0.2, -0.15) is 5.10 Å². The molecule has 20 heavy (non-hydrogen) atoms. The van der Waals surface area contributed by atoms with Crippen LogP contribution in [0.1, 0.15) is 26.0 Å². The summed E-state index contributed by atoms with van der Waals surface area (Å²) < 4.78 is 27.3. The number of aryl methyl sites for hydroxylation is 2. The third kappa shape index (κ3) is 1.74. The number of hydrogen-bond acceptors (Lipinski definition) is 5. The summed E-state index contributed by atoms with van der Waals surface area (Å²) in [4.78, 5) is 4.40. The molecule has 1 fully saturated rings. The molecular weight excluding hydrogens is 278 g/mol. The highest BCUT2D eigenvalue weighted by Crippen LogP contribution is 2.36. The van der Waals surface area contributed by atoms with Crippen LogP contribution in [-0.2, 0) is 28.8 Å². The average molecular weight is 297 g/mol. The molecule has 1 unspecified atom stereocenters. The number of nitrogens with two attached hydrogens (primary N) is 1. The third-order valence-electron chi connectivity index (χ3n) is 4.09. The van der Waals surface area contributed by atoms with Gasteiger partial charge >= 0.3 is 0 Å². The lowest BCUT2D eigenvalue weighted by Crippen LogP contribution is -2.33. The van der Waals surface area contributed by atoms with Gasteiger partial charge in [0.05, 0.1) is 22.7 Å². The number of anilines is 1. The van der Waals surface area contributed by atoms with Gasteiger partial charge in [0.2, 0.25) is 5.95 Å². The fourth-order valence-corrected chi connectivity index (χ4v) is 5.25. The van der Waals surface area contributed by atoms with Gasteiger partial charge in [0, 0.05) is 7.05 Å². The molecule has 0 radical (unpaired) electrons. The van der Waals surface area contributed by atoms with Gasteiger partial charge in [-0.1, -0.05) is 6.92 Å². The summed E-state index contributed by atoms with van der Waals surface area (Å²) >= 11 is 0. The molecule has 0 aromatic carbocycles. The Kier molecular flexibility index (Phi) is 2.66. The van der Waals surface area contributed by atoms with Gasteiger partial charge in [-0.15, -0.1) is 0 Å². The first-order valence-electron chi connectivity index (χ1n) is 6.68. The molecule has 8 heteroatoms. The van der Waals surface area contributed by atoms with Crippen LogP contribution in [0.5, 0.6) is 0 Å². The number of sulfone groups is 1. The smallest absolute Gasteiger partial charge is 0.203 e. The number of hydrogen-bond donors (Lipinski definition) is 1. The average Bonchev–Trinajstić information content (AvgIpc) is 2.93. The molecule has 2 N–H and O–H groups in total. The fourth-order valence-electron chi connectivity index (χ4n) is 3.14. The van der Waals surface area contributed by atoms with E-state index in [9.17, 15) is 8.42 Å². The van der Waals surface area contributed by atoms with E-state index < -0.39 is 15.4 Å². The Morgan fingerprint density at radius 1 is 1.45 bits per heavy atom. The molecule has 3 rings (SSSR count). The molecule has 110 valence electrons. The lowest BCUT2D eigenvalue weighted by Gasteiger charge is -2.26. The van der Waals surface area contributed by atoms with Crippen molar-refractivity contribution in [3.63, 3.8) is 0 Å². The monoisotopic (exact) mass is 297 g/mol. The van der Waals surface area contributed by atoms with E-state index in [4.69, 9.17) is 5.73 Å². The van der Waals surface area contributed by atoms with Crippen molar-refractivity contribution in [3.05, 3.63) is 5.69 Å². The van der Waals surface area contributed by atoms with E-state index in [1.54, 1.807) is 4.68 Å². The molecule has 1 aliphatic rings. The van der Waals surface area contributed by atoms with Crippen LogP contribution in [0.15, 0.2) is 0 Å². The van der Waals surface area contributed by atoms with Gasteiger partial charge in [-0.05, 0) is 19.8 Å². The second-order valence-electron chi connectivity index (χ2n) is 5.74. The van der Waals surface area contributed by atoms with Gasteiger partial charge in [0.1, 0.15) is 5.52 Å². The van der Waals surface area contributed by atoms with E-state index in [1.807, 2.05) is 25.5 Å². The zero-order valence-electron chi connectivity index (χ0n) is 11.9. The Bertz CT molecular complexity index is 788. The molecule has 2 aromatic rings. The molecule has 0 saturated carbocycles. The minimum absolute atomic E-state index is 0.0995. The number of nitrogens with zero attached hydrogens (tertiary/aromatic N) is 4. The quantitative estimate of drug-likeness (QED) is 0.868. The van der Waals surface area contributed by atoms with E-state index >= 15 is 0 Å². The van der Waals surface area contributed by atoms with Crippen molar-refractivity contribution < 1.29 is 8.42 Å². The standard InChI is InChI=1S/C12H19N5O2S/c1-4-8-9-10(16(3)15-8)17(11(13)14-9)12(2)5-6-20(18,19)7-12/h4-7H2,1-3H3,(H2,13,14). The van der Waals surface area contributed by atoms with Crippen LogP contribution in [-0.4, -0.2) is 39.3 Å². The van der Waals surface area contributed by atoms with E-state index in [0.29, 0.717) is 12.4 Å². The van der Waals surface area contributed by atoms with Crippen molar-refractivity contribution in [1.82, 2.24) is 19.3 Å². The number of nitrogen functional groups attached to an aromatic ring is 1. The molecule has 0 bridgehead atoms. The first kappa shape index (κ1) is 13.4. The number of aromatic nitrogens is 4. The van der Waals surface area contributed by atoms with Gasteiger partial charge in [-0.3, -0.25) is 9.25 Å². The molecule has 1 atom stereocenters. The number of fused-ring (bicyclic) bond motifs is 1. The predicted molar refractivity (Wildman–Crippen MR) is 77.2 cm³/mol. The minimum atomic E-state index is -3.01. The van der Waals surface area contributed by atoms with E-state index in [2.05, 4.69) is 10.1 Å². The van der Waals surface area contributed by atoms with E-state index in [-0.39, 0.29) is 11.5 Å². The third-order valence-corrected chi connectivity index (χ3v) is 5.97. The predicted octanol–water partition coefficient (Wildman–Crippen LogP) is 0.448. The second kappa shape index (κ2) is 3.97. The summed E-state index contributed by atoms with van der Waals surface area (Å²) in [6, 6.07) is 0. The van der Waals surface area contributed by atoms with Crippen molar-refractivity contribution in [1.29, 1.82) is 0 Å². The molecule has 0 amide bonds. The number of imidazole rings is 1. The Morgan fingerprint density at radius 3 is 2.70 bits per heavy atom. The van der Waals surface area contributed by atoms with Crippen molar-refractivity contribution in [3.8, 4) is 0 Å². The SMILES string of the molecule is CCc1nn(C)c2c1nc(N)n2C1(C)CCS(=O)(=O)C1. The van der Waals surface area contributed by atoms with Gasteiger partial charge in [-0.25, -0.2) is 13.4 Å². The zero-order valence-corrected chi connectivity index (χ0v) is 12.7. The minimum Gasteiger partial charge on any atom is -0.369 e. The second-order valence-corrected chi connectivity index (χ2v) is 7.92. The Hall–Kier alpha value is -1.57. The molecular formula is C12H19N5O2S. The lowest BCUT2D eigenvalue weighted by molar-refractivity contribution is 0.376. The summed E-state index contributed by atoms with van der Waals surface area (Å²) in [6.45, 7) is 3.94. The summed E-state index contributed by atoms with van der Waals surface area (Å²) in [7, 11) is -1.17. The Labute approximate surface area is 117 Å². The fraction of sp³-hybridized carbons (Fsp3) is 0.667. The maximum atomic E-state index is 11.8. The van der Waals surface area contributed by atoms with Crippen LogP contribution in [0.2, 0.25) is 0 Å². The van der Waals surface area contributed by atoms with Gasteiger partial charge in [0.15, 0.2) is 15.5 Å². The maximum Gasteiger partial charge on any atom is 0.203 e. The number of rotatable bonds is 2. The van der Waals surface area contributed by atoms with Crippen molar-refractivity contribution in [2.75, 3.05) is 17.2 Å². The first-order valence-corrected chi connectivity index (χ1v) is 8.50. The molecule has 2 aromatic heterocycles. The molecule has 1 saturated heterocycles. The van der Waals surface area contributed by atoms with E-state index in [0.717, 1.165) is 23.3 Å². The van der Waals surface area contributed by atoms with Gasteiger partial charge in [0.25, 0.3) is 0 Å². The molecule has 1 aliphatic heterocycles. The molecule has 7 nitrogen and oxygen atoms in total. The Morgan fingerprint density at radius 2 is 2.15 bits per heavy atom.